The van der Waals surface area contributed by atoms with Gasteiger partial charge >= 0.3 is 12.0 Å². The van der Waals surface area contributed by atoms with Gasteiger partial charge in [-0.1, -0.05) is 12.1 Å². The van der Waals surface area contributed by atoms with E-state index in [4.69, 9.17) is 5.11 Å². The van der Waals surface area contributed by atoms with Crippen molar-refractivity contribution in [2.45, 2.75) is 38.3 Å². The first-order valence-electron chi connectivity index (χ1n) is 9.16. The minimum atomic E-state index is -0.797. The predicted octanol–water partition coefficient (Wildman–Crippen LogP) is 2.80. The summed E-state index contributed by atoms with van der Waals surface area (Å²) >= 11 is 0. The fraction of sp³-hybridized carbons (Fsp3) is 0.350. The number of nitrogens with one attached hydrogen (secondary N) is 2. The van der Waals surface area contributed by atoms with E-state index in [1.54, 1.807) is 24.4 Å². The number of anilines is 1. The maximum Gasteiger partial charge on any atom is 0.319 e. The molecule has 0 radical (unpaired) electrons. The van der Waals surface area contributed by atoms with Crippen molar-refractivity contribution in [2.75, 3.05) is 5.32 Å². The lowest BCUT2D eigenvalue weighted by atomic mass is 9.86. The van der Waals surface area contributed by atoms with Gasteiger partial charge in [-0.05, 0) is 55.5 Å². The molecule has 1 aromatic heterocycles. The minimum Gasteiger partial charge on any atom is -0.481 e. The number of carboxylic acids is 1. The summed E-state index contributed by atoms with van der Waals surface area (Å²) in [6, 6.07) is 8.42. The molecule has 8 heteroatoms. The summed E-state index contributed by atoms with van der Waals surface area (Å²) in [4.78, 5) is 35.8. The second-order valence-corrected chi connectivity index (χ2v) is 6.97. The van der Waals surface area contributed by atoms with Crippen LogP contribution in [0.5, 0.6) is 0 Å². The number of rotatable bonds is 5. The van der Waals surface area contributed by atoms with Gasteiger partial charge in [0.25, 0.3) is 5.56 Å². The predicted molar refractivity (Wildman–Crippen MR) is 102 cm³/mol. The number of urea groups is 1. The van der Waals surface area contributed by atoms with Crippen molar-refractivity contribution in [1.82, 2.24) is 9.88 Å². The second kappa shape index (κ2) is 8.69. The quantitative estimate of drug-likeness (QED) is 0.734. The Hall–Kier alpha value is -3.16. The molecule has 0 spiro atoms. The highest BCUT2D eigenvalue weighted by atomic mass is 19.1. The third-order valence-corrected chi connectivity index (χ3v) is 4.95. The van der Waals surface area contributed by atoms with Crippen molar-refractivity contribution < 1.29 is 19.1 Å². The SMILES string of the molecule is O=C(Nc1cccn(Cc2ccc(F)cc2)c1=O)NC1CCC(C(=O)O)CC1. The number of aromatic nitrogens is 1. The van der Waals surface area contributed by atoms with Gasteiger partial charge in [-0.25, -0.2) is 9.18 Å². The Morgan fingerprint density at radius 1 is 1.11 bits per heavy atom. The fourth-order valence-electron chi connectivity index (χ4n) is 3.37. The van der Waals surface area contributed by atoms with Crippen LogP contribution in [0.15, 0.2) is 47.4 Å². The molecule has 2 amide bonds. The molecule has 1 aliphatic rings. The van der Waals surface area contributed by atoms with Crippen molar-refractivity contribution in [3.8, 4) is 0 Å². The first-order valence-corrected chi connectivity index (χ1v) is 9.16. The van der Waals surface area contributed by atoms with Crippen LogP contribution in [-0.4, -0.2) is 27.7 Å². The molecule has 3 rings (SSSR count). The average Bonchev–Trinajstić information content (AvgIpc) is 2.67. The number of hydrogen-bond acceptors (Lipinski definition) is 3. The van der Waals surface area contributed by atoms with Gasteiger partial charge in [-0.3, -0.25) is 9.59 Å². The maximum absolute atomic E-state index is 13.0. The van der Waals surface area contributed by atoms with E-state index in [1.165, 1.54) is 22.8 Å². The Bertz CT molecular complexity index is 902. The van der Waals surface area contributed by atoms with Gasteiger partial charge < -0.3 is 20.3 Å². The number of benzene rings is 1. The van der Waals surface area contributed by atoms with Gasteiger partial charge in [0, 0.05) is 12.2 Å². The van der Waals surface area contributed by atoms with Gasteiger partial charge in [0.1, 0.15) is 11.5 Å². The monoisotopic (exact) mass is 387 g/mol. The van der Waals surface area contributed by atoms with Crippen LogP contribution in [0.25, 0.3) is 0 Å². The Morgan fingerprint density at radius 2 is 1.79 bits per heavy atom. The van der Waals surface area contributed by atoms with Crippen molar-refractivity contribution >= 4 is 17.7 Å². The van der Waals surface area contributed by atoms with Crippen LogP contribution < -0.4 is 16.2 Å². The Labute approximate surface area is 161 Å². The molecule has 7 nitrogen and oxygen atoms in total. The first-order chi connectivity index (χ1) is 13.4. The molecular formula is C20H22FN3O4. The van der Waals surface area contributed by atoms with E-state index in [0.29, 0.717) is 25.7 Å². The molecule has 148 valence electrons. The number of aliphatic carboxylic acids is 1. The Kier molecular flexibility index (Phi) is 6.08. The van der Waals surface area contributed by atoms with Gasteiger partial charge in [-0.15, -0.1) is 0 Å². The number of halogens is 1. The average molecular weight is 387 g/mol. The normalized spacial score (nSPS) is 19.0. The molecule has 1 saturated carbocycles. The minimum absolute atomic E-state index is 0.110. The molecule has 2 aromatic rings. The summed E-state index contributed by atoms with van der Waals surface area (Å²) in [6.45, 7) is 0.259. The number of pyridine rings is 1. The van der Waals surface area contributed by atoms with Gasteiger partial charge in [0.2, 0.25) is 0 Å². The van der Waals surface area contributed by atoms with Crippen LogP contribution in [0.4, 0.5) is 14.9 Å². The van der Waals surface area contributed by atoms with E-state index < -0.39 is 12.0 Å². The van der Waals surface area contributed by atoms with E-state index in [1.807, 2.05) is 0 Å². The third-order valence-electron chi connectivity index (χ3n) is 4.95. The molecule has 0 aliphatic heterocycles. The zero-order valence-electron chi connectivity index (χ0n) is 15.2. The van der Waals surface area contributed by atoms with Gasteiger partial charge in [-0.2, -0.15) is 0 Å². The molecule has 28 heavy (non-hydrogen) atoms. The summed E-state index contributed by atoms with van der Waals surface area (Å²) in [5.41, 5.74) is 0.540. The van der Waals surface area contributed by atoms with Crippen molar-refractivity contribution in [3.05, 3.63) is 64.3 Å². The summed E-state index contributed by atoms with van der Waals surface area (Å²) in [5, 5.41) is 14.4. The molecule has 0 unspecified atom stereocenters. The molecule has 1 heterocycles. The molecule has 0 bridgehead atoms. The highest BCUT2D eigenvalue weighted by molar-refractivity contribution is 5.89. The maximum atomic E-state index is 13.0. The van der Waals surface area contributed by atoms with Crippen LogP contribution in [0.3, 0.4) is 0 Å². The van der Waals surface area contributed by atoms with Crippen molar-refractivity contribution in [1.29, 1.82) is 0 Å². The molecule has 1 fully saturated rings. The first kappa shape index (κ1) is 19.6. The Morgan fingerprint density at radius 3 is 2.43 bits per heavy atom. The number of hydrogen-bond donors (Lipinski definition) is 3. The highest BCUT2D eigenvalue weighted by Crippen LogP contribution is 2.24. The van der Waals surface area contributed by atoms with Crippen LogP contribution >= 0.6 is 0 Å². The number of carbonyl (C=O) groups excluding carboxylic acids is 1. The number of carboxylic acid groups (broad SMARTS) is 1. The largest absolute Gasteiger partial charge is 0.481 e. The second-order valence-electron chi connectivity index (χ2n) is 6.97. The van der Waals surface area contributed by atoms with E-state index in [2.05, 4.69) is 10.6 Å². The zero-order valence-corrected chi connectivity index (χ0v) is 15.2. The van der Waals surface area contributed by atoms with E-state index >= 15 is 0 Å². The van der Waals surface area contributed by atoms with Gasteiger partial charge in [0.05, 0.1) is 12.5 Å². The Balaban J connectivity index is 1.60. The molecule has 3 N–H and O–H groups in total. The number of amides is 2. The van der Waals surface area contributed by atoms with Crippen molar-refractivity contribution in [2.24, 2.45) is 5.92 Å². The molecule has 0 atom stereocenters. The van der Waals surface area contributed by atoms with E-state index in [9.17, 15) is 18.8 Å². The lowest BCUT2D eigenvalue weighted by Crippen LogP contribution is -2.42. The van der Waals surface area contributed by atoms with E-state index in [-0.39, 0.29) is 35.6 Å². The number of nitrogens with zero attached hydrogens (tertiary/aromatic N) is 1. The molecule has 0 saturated heterocycles. The fourth-order valence-corrected chi connectivity index (χ4v) is 3.37. The van der Waals surface area contributed by atoms with Crippen molar-refractivity contribution in [3.63, 3.8) is 0 Å². The summed E-state index contributed by atoms with van der Waals surface area (Å²) < 4.78 is 14.4. The summed E-state index contributed by atoms with van der Waals surface area (Å²) in [6.07, 6.45) is 3.83. The highest BCUT2D eigenvalue weighted by Gasteiger charge is 2.26. The smallest absolute Gasteiger partial charge is 0.319 e. The van der Waals surface area contributed by atoms with E-state index in [0.717, 1.165) is 5.56 Å². The van der Waals surface area contributed by atoms with Crippen LogP contribution in [0.2, 0.25) is 0 Å². The van der Waals surface area contributed by atoms with Crippen LogP contribution in [0.1, 0.15) is 31.2 Å². The molecule has 1 aromatic carbocycles. The van der Waals surface area contributed by atoms with Crippen LogP contribution in [-0.2, 0) is 11.3 Å². The van der Waals surface area contributed by atoms with Gasteiger partial charge in [0.15, 0.2) is 0 Å². The third kappa shape index (κ3) is 4.97. The summed E-state index contributed by atoms with van der Waals surface area (Å²) in [5.74, 6) is -1.50. The molecular weight excluding hydrogens is 365 g/mol. The topological polar surface area (TPSA) is 100 Å². The summed E-state index contributed by atoms with van der Waals surface area (Å²) in [7, 11) is 0. The number of carbonyl (C=O) groups is 2. The molecule has 1 aliphatic carbocycles. The zero-order chi connectivity index (χ0) is 20.1. The lowest BCUT2D eigenvalue weighted by Gasteiger charge is -2.26. The standard InChI is InChI=1S/C20H22FN3O4/c21-15-7-3-13(4-8-15)12-24-11-1-2-17(18(24)25)23-20(28)22-16-9-5-14(6-10-16)19(26)27/h1-4,7-8,11,14,16H,5-6,9-10,12H2,(H,26,27)(H2,22,23,28). The lowest BCUT2D eigenvalue weighted by molar-refractivity contribution is -0.142. The van der Waals surface area contributed by atoms with Crippen LogP contribution in [0, 0.1) is 11.7 Å².